The minimum absolute atomic E-state index is 0.275. The summed E-state index contributed by atoms with van der Waals surface area (Å²) in [5.74, 6) is 2.01. The molecule has 3 aromatic rings. The Morgan fingerprint density at radius 1 is 1.10 bits per heavy atom. The van der Waals surface area contributed by atoms with Gasteiger partial charge < -0.3 is 24.1 Å². The minimum atomic E-state index is -0.470. The highest BCUT2D eigenvalue weighted by Gasteiger charge is 2.14. The Kier molecular flexibility index (Phi) is 7.56. The van der Waals surface area contributed by atoms with Crippen molar-refractivity contribution in [3.63, 3.8) is 0 Å². The molecule has 162 valence electrons. The van der Waals surface area contributed by atoms with E-state index >= 15 is 0 Å². The molecule has 0 aliphatic carbocycles. The number of esters is 1. The van der Waals surface area contributed by atoms with E-state index in [1.54, 1.807) is 57.7 Å². The number of hydrogen-bond donors (Lipinski definition) is 1. The summed E-state index contributed by atoms with van der Waals surface area (Å²) in [6, 6.07) is 14.3. The van der Waals surface area contributed by atoms with Crippen LogP contribution in [-0.2, 0) is 11.3 Å². The van der Waals surface area contributed by atoms with Crippen molar-refractivity contribution >= 4 is 23.8 Å². The largest absolute Gasteiger partial charge is 0.493 e. The number of methoxy groups -OCH3 is 2. The zero-order valence-corrected chi connectivity index (χ0v) is 18.2. The van der Waals surface area contributed by atoms with Crippen molar-refractivity contribution in [3.05, 3.63) is 70.4 Å². The van der Waals surface area contributed by atoms with Gasteiger partial charge in [0.1, 0.15) is 11.5 Å². The molecule has 0 aliphatic rings. The van der Waals surface area contributed by atoms with E-state index in [1.807, 2.05) is 18.2 Å². The van der Waals surface area contributed by atoms with E-state index in [0.29, 0.717) is 45.7 Å². The monoisotopic (exact) mass is 442 g/mol. The molecule has 0 aliphatic heterocycles. The first-order valence-electron chi connectivity index (χ1n) is 9.59. The van der Waals surface area contributed by atoms with Crippen LogP contribution in [0.4, 0.5) is 0 Å². The Bertz CT molecular complexity index is 1080. The third-order valence-corrected chi connectivity index (χ3v) is 4.72. The maximum absolute atomic E-state index is 12.0. The van der Waals surface area contributed by atoms with Gasteiger partial charge in [0.2, 0.25) is 0 Å². The predicted octanol–water partition coefficient (Wildman–Crippen LogP) is 4.92. The van der Waals surface area contributed by atoms with Crippen LogP contribution in [0.25, 0.3) is 11.3 Å². The van der Waals surface area contributed by atoms with Crippen molar-refractivity contribution < 1.29 is 23.4 Å². The number of nitrogens with zero attached hydrogens (tertiary/aromatic N) is 1. The molecule has 1 aromatic heterocycles. The summed E-state index contributed by atoms with van der Waals surface area (Å²) >= 11 is 6.11. The number of halogens is 1. The van der Waals surface area contributed by atoms with Gasteiger partial charge in [-0.15, -0.1) is 0 Å². The van der Waals surface area contributed by atoms with E-state index in [1.165, 1.54) is 0 Å². The summed E-state index contributed by atoms with van der Waals surface area (Å²) in [5.41, 5.74) is 4.97. The first-order chi connectivity index (χ1) is 15.0. The van der Waals surface area contributed by atoms with Gasteiger partial charge in [-0.25, -0.2) is 4.79 Å². The predicted molar refractivity (Wildman–Crippen MR) is 119 cm³/mol. The Morgan fingerprint density at radius 2 is 1.90 bits per heavy atom. The summed E-state index contributed by atoms with van der Waals surface area (Å²) in [6.45, 7) is 2.52. The lowest BCUT2D eigenvalue weighted by atomic mass is 10.1. The average Bonchev–Trinajstić information content (AvgIpc) is 3.26. The van der Waals surface area contributed by atoms with E-state index in [-0.39, 0.29) is 6.61 Å². The van der Waals surface area contributed by atoms with E-state index in [0.717, 1.165) is 5.56 Å². The molecule has 0 radical (unpaired) electrons. The van der Waals surface area contributed by atoms with Crippen LogP contribution in [0.5, 0.6) is 11.5 Å². The number of rotatable bonds is 9. The summed E-state index contributed by atoms with van der Waals surface area (Å²) < 4.78 is 21.4. The molecule has 0 spiro atoms. The number of ether oxygens (including phenoxy) is 3. The highest BCUT2D eigenvalue weighted by Crippen LogP contribution is 2.28. The fourth-order valence-corrected chi connectivity index (χ4v) is 3.05. The molecule has 0 amide bonds. The quantitative estimate of drug-likeness (QED) is 0.288. The lowest BCUT2D eigenvalue weighted by molar-refractivity contribution is 0.0526. The van der Waals surface area contributed by atoms with Crippen LogP contribution in [0.3, 0.4) is 0 Å². The highest BCUT2D eigenvalue weighted by molar-refractivity contribution is 6.33. The average molecular weight is 443 g/mol. The third kappa shape index (κ3) is 5.58. The van der Waals surface area contributed by atoms with E-state index in [9.17, 15) is 4.79 Å². The Morgan fingerprint density at radius 3 is 2.65 bits per heavy atom. The molecule has 1 N–H and O–H groups in total. The molecule has 0 bridgehead atoms. The topological polar surface area (TPSA) is 82.3 Å². The van der Waals surface area contributed by atoms with Crippen molar-refractivity contribution in [2.45, 2.75) is 13.5 Å². The molecule has 0 fully saturated rings. The van der Waals surface area contributed by atoms with Crippen LogP contribution < -0.4 is 14.9 Å². The number of nitrogens with one attached hydrogen (secondary N) is 1. The SMILES string of the molecule is CCOC(=O)c1cc(-c2ccc(/C=N/NCc3ccc(OC)c(OC)c3)o2)ccc1Cl. The smallest absolute Gasteiger partial charge is 0.339 e. The summed E-state index contributed by atoms with van der Waals surface area (Å²) in [4.78, 5) is 12.0. The standard InChI is InChI=1S/C23H23ClN2O5/c1-4-30-23(27)18-12-16(6-8-19(18)24)20-10-7-17(31-20)14-26-25-13-15-5-9-21(28-2)22(11-15)29-3/h5-12,14,25H,4,13H2,1-3H3/b26-14+. The minimum Gasteiger partial charge on any atom is -0.493 e. The summed E-state index contributed by atoms with van der Waals surface area (Å²) in [7, 11) is 3.19. The van der Waals surface area contributed by atoms with Gasteiger partial charge >= 0.3 is 5.97 Å². The molecular weight excluding hydrogens is 420 g/mol. The van der Waals surface area contributed by atoms with Gasteiger partial charge in [-0.3, -0.25) is 0 Å². The zero-order valence-electron chi connectivity index (χ0n) is 17.5. The van der Waals surface area contributed by atoms with Crippen LogP contribution in [-0.4, -0.2) is 33.0 Å². The summed E-state index contributed by atoms with van der Waals surface area (Å²) in [5, 5.41) is 4.52. The summed E-state index contributed by atoms with van der Waals surface area (Å²) in [6.07, 6.45) is 1.58. The van der Waals surface area contributed by atoms with Gasteiger partial charge in [0.25, 0.3) is 0 Å². The van der Waals surface area contributed by atoms with Gasteiger partial charge in [0, 0.05) is 5.56 Å². The van der Waals surface area contributed by atoms with Gasteiger partial charge in [0.15, 0.2) is 11.5 Å². The zero-order chi connectivity index (χ0) is 22.2. The fraction of sp³-hybridized carbons (Fsp3) is 0.217. The van der Waals surface area contributed by atoms with Crippen LogP contribution in [0.15, 0.2) is 58.0 Å². The second-order valence-electron chi connectivity index (χ2n) is 6.40. The normalized spacial score (nSPS) is 10.8. The Hall–Kier alpha value is -3.45. The van der Waals surface area contributed by atoms with Crippen molar-refractivity contribution in [3.8, 4) is 22.8 Å². The molecular formula is C23H23ClN2O5. The molecule has 0 saturated heterocycles. The number of hydrogen-bond acceptors (Lipinski definition) is 7. The highest BCUT2D eigenvalue weighted by atomic mass is 35.5. The molecule has 1 heterocycles. The van der Waals surface area contributed by atoms with E-state index in [4.69, 9.17) is 30.2 Å². The fourth-order valence-electron chi connectivity index (χ4n) is 2.86. The Balaban J connectivity index is 1.64. The molecule has 0 unspecified atom stereocenters. The number of carbonyl (C=O) groups excluding carboxylic acids is 1. The van der Waals surface area contributed by atoms with Crippen LogP contribution in [0.2, 0.25) is 5.02 Å². The number of benzene rings is 2. The third-order valence-electron chi connectivity index (χ3n) is 4.39. The van der Waals surface area contributed by atoms with Crippen molar-refractivity contribution in [1.82, 2.24) is 5.43 Å². The van der Waals surface area contributed by atoms with Gasteiger partial charge in [-0.1, -0.05) is 17.7 Å². The molecule has 3 rings (SSSR count). The van der Waals surface area contributed by atoms with E-state index < -0.39 is 5.97 Å². The first kappa shape index (κ1) is 22.2. The van der Waals surface area contributed by atoms with Gasteiger partial charge in [-0.2, -0.15) is 5.10 Å². The molecule has 7 nitrogen and oxygen atoms in total. The molecule has 8 heteroatoms. The second kappa shape index (κ2) is 10.5. The van der Waals surface area contributed by atoms with Crippen LogP contribution in [0, 0.1) is 0 Å². The number of hydrazone groups is 1. The lowest BCUT2D eigenvalue weighted by Crippen LogP contribution is -2.05. The number of furan rings is 1. The lowest BCUT2D eigenvalue weighted by Gasteiger charge is -2.09. The molecule has 0 saturated carbocycles. The van der Waals surface area contributed by atoms with Crippen molar-refractivity contribution in [2.24, 2.45) is 5.10 Å². The molecule has 0 atom stereocenters. The molecule has 2 aromatic carbocycles. The maximum atomic E-state index is 12.0. The second-order valence-corrected chi connectivity index (χ2v) is 6.81. The van der Waals surface area contributed by atoms with Gasteiger partial charge in [0.05, 0.1) is 44.2 Å². The first-order valence-corrected chi connectivity index (χ1v) is 9.97. The number of carbonyl (C=O) groups is 1. The van der Waals surface area contributed by atoms with Crippen LogP contribution >= 0.6 is 11.6 Å². The van der Waals surface area contributed by atoms with Crippen LogP contribution in [0.1, 0.15) is 28.6 Å². The van der Waals surface area contributed by atoms with Crippen molar-refractivity contribution in [2.75, 3.05) is 20.8 Å². The van der Waals surface area contributed by atoms with Crippen molar-refractivity contribution in [1.29, 1.82) is 0 Å². The maximum Gasteiger partial charge on any atom is 0.339 e. The van der Waals surface area contributed by atoms with E-state index in [2.05, 4.69) is 10.5 Å². The Labute approximate surface area is 185 Å². The molecule has 31 heavy (non-hydrogen) atoms. The van der Waals surface area contributed by atoms with Gasteiger partial charge in [-0.05, 0) is 55.0 Å².